The Kier molecular flexibility index (Phi) is 6.01. The first-order valence-corrected chi connectivity index (χ1v) is 12.8. The van der Waals surface area contributed by atoms with Gasteiger partial charge in [0.05, 0.1) is 9.79 Å². The van der Waals surface area contributed by atoms with E-state index in [0.29, 0.717) is 24.6 Å². The third kappa shape index (κ3) is 4.46. The summed E-state index contributed by atoms with van der Waals surface area (Å²) < 4.78 is 65.5. The molecule has 2 aliphatic heterocycles. The molecule has 0 atom stereocenters. The maximum Gasteiger partial charge on any atom is 0.243 e. The van der Waals surface area contributed by atoms with Gasteiger partial charge in [-0.05, 0) is 54.8 Å². The number of rotatable bonds is 6. The second kappa shape index (κ2) is 8.54. The smallest absolute Gasteiger partial charge is 0.243 e. The van der Waals surface area contributed by atoms with Crippen molar-refractivity contribution in [2.45, 2.75) is 42.0 Å². The molecule has 1 fully saturated rings. The summed E-state index contributed by atoms with van der Waals surface area (Å²) in [6, 6.07) is 10.6. The Morgan fingerprint density at radius 1 is 0.800 bits per heavy atom. The average molecular weight is 453 g/mol. The van der Waals surface area contributed by atoms with Gasteiger partial charge in [-0.15, -0.1) is 0 Å². The zero-order chi connectivity index (χ0) is 21.2. The monoisotopic (exact) mass is 452 g/mol. The van der Waals surface area contributed by atoms with Crippen molar-refractivity contribution in [2.24, 2.45) is 0 Å². The van der Waals surface area contributed by atoms with E-state index in [1.807, 2.05) is 0 Å². The van der Waals surface area contributed by atoms with Crippen molar-refractivity contribution in [3.8, 4) is 11.5 Å². The van der Waals surface area contributed by atoms with Crippen LogP contribution in [0.4, 0.5) is 0 Å². The van der Waals surface area contributed by atoms with Crippen molar-refractivity contribution in [2.75, 3.05) is 19.9 Å². The molecule has 2 aromatic carbocycles. The van der Waals surface area contributed by atoms with Crippen molar-refractivity contribution in [3.05, 3.63) is 48.0 Å². The third-order valence-electron chi connectivity index (χ3n) is 5.24. The van der Waals surface area contributed by atoms with E-state index in [9.17, 15) is 16.8 Å². The summed E-state index contributed by atoms with van der Waals surface area (Å²) in [5.74, 6) is 1.21. The van der Waals surface area contributed by atoms with Crippen LogP contribution in [-0.4, -0.2) is 41.0 Å². The number of benzene rings is 2. The summed E-state index contributed by atoms with van der Waals surface area (Å²) in [7, 11) is -7.41. The minimum Gasteiger partial charge on any atom is -0.454 e. The van der Waals surface area contributed by atoms with Gasteiger partial charge >= 0.3 is 0 Å². The predicted molar refractivity (Wildman–Crippen MR) is 110 cm³/mol. The van der Waals surface area contributed by atoms with E-state index in [0.717, 1.165) is 31.2 Å². The molecule has 0 unspecified atom stereocenters. The number of hydrogen-bond donors (Lipinski definition) is 1. The molecule has 2 heterocycles. The largest absolute Gasteiger partial charge is 0.454 e. The van der Waals surface area contributed by atoms with Crippen LogP contribution in [0.5, 0.6) is 11.5 Å². The molecule has 30 heavy (non-hydrogen) atoms. The molecule has 0 aliphatic carbocycles. The Hall–Kier alpha value is -2.14. The molecule has 0 spiro atoms. The van der Waals surface area contributed by atoms with Crippen molar-refractivity contribution in [1.82, 2.24) is 9.03 Å². The first-order chi connectivity index (χ1) is 14.4. The van der Waals surface area contributed by atoms with Gasteiger partial charge in [0.1, 0.15) is 0 Å². The van der Waals surface area contributed by atoms with Crippen molar-refractivity contribution in [3.63, 3.8) is 0 Å². The van der Waals surface area contributed by atoms with E-state index in [1.165, 1.54) is 28.6 Å². The quantitative estimate of drug-likeness (QED) is 0.722. The van der Waals surface area contributed by atoms with Crippen LogP contribution in [0.25, 0.3) is 0 Å². The maximum absolute atomic E-state index is 12.8. The molecule has 0 bridgehead atoms. The van der Waals surface area contributed by atoms with Gasteiger partial charge in [-0.1, -0.05) is 18.9 Å². The van der Waals surface area contributed by atoms with Gasteiger partial charge in [-0.3, -0.25) is 0 Å². The lowest BCUT2D eigenvalue weighted by molar-refractivity contribution is 0.174. The molecule has 0 aromatic heterocycles. The Balaban J connectivity index is 1.46. The predicted octanol–water partition coefficient (Wildman–Crippen LogP) is 2.46. The van der Waals surface area contributed by atoms with E-state index < -0.39 is 20.0 Å². The second-order valence-electron chi connectivity index (χ2n) is 7.30. The highest BCUT2D eigenvalue weighted by Crippen LogP contribution is 2.32. The molecule has 1 saturated heterocycles. The third-order valence-corrected chi connectivity index (χ3v) is 8.57. The van der Waals surface area contributed by atoms with Gasteiger partial charge in [0, 0.05) is 19.6 Å². The molecule has 2 aromatic rings. The minimum absolute atomic E-state index is 0.0121. The van der Waals surface area contributed by atoms with Crippen LogP contribution in [0.3, 0.4) is 0 Å². The van der Waals surface area contributed by atoms with E-state index in [1.54, 1.807) is 18.2 Å². The standard InChI is InChI=1S/C20H24N2O6S2/c23-29(24,21-14-16-5-10-19-20(13-16)28-15-27-19)17-6-8-18(9-7-17)30(25,26)22-11-3-1-2-4-12-22/h5-10,13,21H,1-4,11-12,14-15H2. The van der Waals surface area contributed by atoms with Crippen LogP contribution < -0.4 is 14.2 Å². The zero-order valence-corrected chi connectivity index (χ0v) is 18.0. The van der Waals surface area contributed by atoms with Gasteiger partial charge in [0.15, 0.2) is 11.5 Å². The summed E-state index contributed by atoms with van der Waals surface area (Å²) in [6.45, 7) is 1.23. The van der Waals surface area contributed by atoms with E-state index in [4.69, 9.17) is 9.47 Å². The zero-order valence-electron chi connectivity index (χ0n) is 16.4. The van der Waals surface area contributed by atoms with Crippen LogP contribution in [0.2, 0.25) is 0 Å². The highest BCUT2D eigenvalue weighted by molar-refractivity contribution is 7.89. The van der Waals surface area contributed by atoms with Crippen LogP contribution in [0.15, 0.2) is 52.3 Å². The molecule has 8 nitrogen and oxygen atoms in total. The molecule has 10 heteroatoms. The summed E-state index contributed by atoms with van der Waals surface area (Å²) in [5.41, 5.74) is 0.725. The minimum atomic E-state index is -3.80. The molecular weight excluding hydrogens is 428 g/mol. The average Bonchev–Trinajstić information content (AvgIpc) is 3.03. The first kappa shape index (κ1) is 21.1. The molecular formula is C20H24N2O6S2. The number of hydrogen-bond acceptors (Lipinski definition) is 6. The lowest BCUT2D eigenvalue weighted by Crippen LogP contribution is -2.32. The lowest BCUT2D eigenvalue weighted by atomic mass is 10.2. The summed E-state index contributed by atoms with van der Waals surface area (Å²) in [5, 5.41) is 0. The topological polar surface area (TPSA) is 102 Å². The number of ether oxygens (including phenoxy) is 2. The fraction of sp³-hybridized carbons (Fsp3) is 0.400. The van der Waals surface area contributed by atoms with Crippen LogP contribution in [0.1, 0.15) is 31.2 Å². The second-order valence-corrected chi connectivity index (χ2v) is 11.0. The van der Waals surface area contributed by atoms with Crippen LogP contribution in [0, 0.1) is 0 Å². The van der Waals surface area contributed by atoms with Crippen LogP contribution in [-0.2, 0) is 26.6 Å². The van der Waals surface area contributed by atoms with Crippen molar-refractivity contribution >= 4 is 20.0 Å². The number of nitrogens with zero attached hydrogens (tertiary/aromatic N) is 1. The van der Waals surface area contributed by atoms with Gasteiger partial charge in [0.25, 0.3) is 0 Å². The normalized spacial score (nSPS) is 17.6. The molecule has 0 radical (unpaired) electrons. The fourth-order valence-electron chi connectivity index (χ4n) is 3.53. The van der Waals surface area contributed by atoms with E-state index in [-0.39, 0.29) is 23.1 Å². The Bertz CT molecular complexity index is 1110. The molecule has 0 amide bonds. The summed E-state index contributed by atoms with van der Waals surface area (Å²) >= 11 is 0. The fourth-order valence-corrected chi connectivity index (χ4v) is 6.07. The van der Waals surface area contributed by atoms with Gasteiger partial charge in [-0.2, -0.15) is 4.31 Å². The summed E-state index contributed by atoms with van der Waals surface area (Å²) in [6.07, 6.45) is 3.74. The van der Waals surface area contributed by atoms with Gasteiger partial charge in [0.2, 0.25) is 26.8 Å². The van der Waals surface area contributed by atoms with Gasteiger partial charge < -0.3 is 9.47 Å². The first-order valence-electron chi connectivity index (χ1n) is 9.85. The van der Waals surface area contributed by atoms with Crippen molar-refractivity contribution in [1.29, 1.82) is 0 Å². The molecule has 162 valence electrons. The molecule has 0 saturated carbocycles. The van der Waals surface area contributed by atoms with Crippen LogP contribution >= 0.6 is 0 Å². The van der Waals surface area contributed by atoms with E-state index >= 15 is 0 Å². The van der Waals surface area contributed by atoms with Gasteiger partial charge in [-0.25, -0.2) is 21.6 Å². The summed E-state index contributed by atoms with van der Waals surface area (Å²) in [4.78, 5) is 0.122. The number of fused-ring (bicyclic) bond motifs is 1. The SMILES string of the molecule is O=S(=O)(NCc1ccc2c(c1)OCO2)c1ccc(S(=O)(=O)N2CCCCCC2)cc1. The maximum atomic E-state index is 12.8. The molecule has 1 N–H and O–H groups in total. The Labute approximate surface area is 176 Å². The Morgan fingerprint density at radius 2 is 1.43 bits per heavy atom. The highest BCUT2D eigenvalue weighted by atomic mass is 32.2. The highest BCUT2D eigenvalue weighted by Gasteiger charge is 2.26. The van der Waals surface area contributed by atoms with E-state index in [2.05, 4.69) is 4.72 Å². The number of sulfonamides is 2. The molecule has 2 aliphatic rings. The molecule has 4 rings (SSSR count). The Morgan fingerprint density at radius 3 is 2.13 bits per heavy atom. The lowest BCUT2D eigenvalue weighted by Gasteiger charge is -2.20. The van der Waals surface area contributed by atoms with Crippen molar-refractivity contribution < 1.29 is 26.3 Å². The number of nitrogens with one attached hydrogen (secondary N) is 1.